The van der Waals surface area contributed by atoms with E-state index in [9.17, 15) is 0 Å². The van der Waals surface area contributed by atoms with E-state index in [0.717, 1.165) is 12.8 Å². The molecule has 0 aromatic heterocycles. The molecule has 2 unspecified atom stereocenters. The summed E-state index contributed by atoms with van der Waals surface area (Å²) >= 11 is 0. The van der Waals surface area contributed by atoms with E-state index in [-0.39, 0.29) is 12.5 Å². The molecule has 0 aromatic rings. The fourth-order valence-electron chi connectivity index (χ4n) is 1.01. The molecule has 1 saturated heterocycles. The minimum atomic E-state index is -0.733. The van der Waals surface area contributed by atoms with Crippen molar-refractivity contribution in [3.63, 3.8) is 0 Å². The van der Waals surface area contributed by atoms with Crippen LogP contribution in [0.2, 0.25) is 0 Å². The second kappa shape index (κ2) is 3.15. The van der Waals surface area contributed by atoms with Gasteiger partial charge in [-0.2, -0.15) is 0 Å². The summed E-state index contributed by atoms with van der Waals surface area (Å²) < 4.78 is 4.88. The summed E-state index contributed by atoms with van der Waals surface area (Å²) in [5, 5.41) is 17.6. The van der Waals surface area contributed by atoms with E-state index in [1.807, 2.05) is 0 Å². The Labute approximate surface area is 54.3 Å². The quantitative estimate of drug-likeness (QED) is 0.516. The van der Waals surface area contributed by atoms with Crippen LogP contribution in [-0.2, 0) is 4.74 Å². The highest BCUT2D eigenvalue weighted by atomic mass is 16.6. The van der Waals surface area contributed by atoms with Crippen molar-refractivity contribution in [3.8, 4) is 0 Å². The van der Waals surface area contributed by atoms with Crippen molar-refractivity contribution in [2.24, 2.45) is 5.92 Å². The van der Waals surface area contributed by atoms with Crippen LogP contribution in [0.4, 0.5) is 0 Å². The molecule has 0 bridgehead atoms. The van der Waals surface area contributed by atoms with Crippen LogP contribution in [0.1, 0.15) is 12.8 Å². The van der Waals surface area contributed by atoms with E-state index in [1.54, 1.807) is 0 Å². The van der Waals surface area contributed by atoms with Crippen molar-refractivity contribution < 1.29 is 14.9 Å². The minimum absolute atomic E-state index is 0.0289. The third kappa shape index (κ3) is 1.64. The average molecular weight is 132 g/mol. The Hall–Kier alpha value is -0.120. The SMILES string of the molecule is OCC1CCCOC1O. The number of aliphatic hydroxyl groups is 2. The standard InChI is InChI=1S/C6H12O3/c7-4-5-2-1-3-9-6(5)8/h5-8H,1-4H2. The molecule has 1 aliphatic rings. The maximum absolute atomic E-state index is 8.99. The van der Waals surface area contributed by atoms with E-state index in [2.05, 4.69) is 0 Å². The summed E-state index contributed by atoms with van der Waals surface area (Å²) in [5.41, 5.74) is 0. The topological polar surface area (TPSA) is 49.7 Å². The van der Waals surface area contributed by atoms with Crippen molar-refractivity contribution in [2.45, 2.75) is 19.1 Å². The Morgan fingerprint density at radius 1 is 1.56 bits per heavy atom. The molecule has 0 aliphatic carbocycles. The zero-order valence-electron chi connectivity index (χ0n) is 5.29. The molecule has 1 rings (SSSR count). The van der Waals surface area contributed by atoms with Gasteiger partial charge in [0.15, 0.2) is 6.29 Å². The largest absolute Gasteiger partial charge is 0.396 e. The van der Waals surface area contributed by atoms with E-state index >= 15 is 0 Å². The molecular weight excluding hydrogens is 120 g/mol. The highest BCUT2D eigenvalue weighted by molar-refractivity contribution is 4.64. The fourth-order valence-corrected chi connectivity index (χ4v) is 1.01. The Morgan fingerprint density at radius 3 is 2.78 bits per heavy atom. The lowest BCUT2D eigenvalue weighted by Gasteiger charge is -2.25. The van der Waals surface area contributed by atoms with Gasteiger partial charge >= 0.3 is 0 Å². The van der Waals surface area contributed by atoms with Gasteiger partial charge in [-0.05, 0) is 12.8 Å². The van der Waals surface area contributed by atoms with Gasteiger partial charge in [0, 0.05) is 12.5 Å². The van der Waals surface area contributed by atoms with Gasteiger partial charge in [0.25, 0.3) is 0 Å². The summed E-state index contributed by atoms with van der Waals surface area (Å²) in [5.74, 6) is -0.0567. The van der Waals surface area contributed by atoms with Crippen molar-refractivity contribution in [2.75, 3.05) is 13.2 Å². The van der Waals surface area contributed by atoms with Gasteiger partial charge in [-0.3, -0.25) is 0 Å². The lowest BCUT2D eigenvalue weighted by Crippen LogP contribution is -2.31. The van der Waals surface area contributed by atoms with Crippen LogP contribution < -0.4 is 0 Å². The fraction of sp³-hybridized carbons (Fsp3) is 1.00. The van der Waals surface area contributed by atoms with Crippen LogP contribution in [0.15, 0.2) is 0 Å². The van der Waals surface area contributed by atoms with Gasteiger partial charge < -0.3 is 14.9 Å². The van der Waals surface area contributed by atoms with Crippen LogP contribution in [0.25, 0.3) is 0 Å². The van der Waals surface area contributed by atoms with E-state index < -0.39 is 6.29 Å². The van der Waals surface area contributed by atoms with Crippen molar-refractivity contribution in [1.82, 2.24) is 0 Å². The molecule has 2 N–H and O–H groups in total. The molecule has 0 saturated carbocycles. The predicted octanol–water partition coefficient (Wildman–Crippen LogP) is -0.276. The Morgan fingerprint density at radius 2 is 2.33 bits per heavy atom. The third-order valence-electron chi connectivity index (χ3n) is 1.65. The van der Waals surface area contributed by atoms with Gasteiger partial charge in [-0.1, -0.05) is 0 Å². The molecule has 1 heterocycles. The zero-order valence-corrected chi connectivity index (χ0v) is 5.29. The molecule has 0 aromatic carbocycles. The lowest BCUT2D eigenvalue weighted by atomic mass is 10.0. The second-order valence-electron chi connectivity index (χ2n) is 2.35. The Kier molecular flexibility index (Phi) is 2.45. The van der Waals surface area contributed by atoms with E-state index in [0.29, 0.717) is 6.61 Å². The average Bonchev–Trinajstić information content (AvgIpc) is 1.89. The van der Waals surface area contributed by atoms with E-state index in [1.165, 1.54) is 0 Å². The van der Waals surface area contributed by atoms with Crippen LogP contribution in [0.3, 0.4) is 0 Å². The predicted molar refractivity (Wildman–Crippen MR) is 31.8 cm³/mol. The molecule has 0 spiro atoms. The first-order valence-electron chi connectivity index (χ1n) is 3.25. The summed E-state index contributed by atoms with van der Waals surface area (Å²) in [6.07, 6.45) is 1.09. The lowest BCUT2D eigenvalue weighted by molar-refractivity contribution is -0.166. The molecule has 3 nitrogen and oxygen atoms in total. The van der Waals surface area contributed by atoms with Crippen LogP contribution >= 0.6 is 0 Å². The molecular formula is C6H12O3. The summed E-state index contributed by atoms with van der Waals surface area (Å²) in [6, 6.07) is 0. The van der Waals surface area contributed by atoms with Crippen molar-refractivity contribution in [3.05, 3.63) is 0 Å². The van der Waals surface area contributed by atoms with E-state index in [4.69, 9.17) is 14.9 Å². The van der Waals surface area contributed by atoms with Gasteiger partial charge in [0.05, 0.1) is 6.61 Å². The molecule has 0 amide bonds. The van der Waals surface area contributed by atoms with Crippen molar-refractivity contribution >= 4 is 0 Å². The highest BCUT2D eigenvalue weighted by Gasteiger charge is 2.22. The zero-order chi connectivity index (χ0) is 6.69. The minimum Gasteiger partial charge on any atom is -0.396 e. The first-order valence-corrected chi connectivity index (χ1v) is 3.25. The summed E-state index contributed by atoms with van der Waals surface area (Å²) in [4.78, 5) is 0. The molecule has 54 valence electrons. The van der Waals surface area contributed by atoms with Gasteiger partial charge in [-0.15, -0.1) is 0 Å². The molecule has 2 atom stereocenters. The summed E-state index contributed by atoms with van der Waals surface area (Å²) in [7, 11) is 0. The Bertz CT molecular complexity index is 84.4. The number of aliphatic hydroxyl groups excluding tert-OH is 2. The molecule has 0 radical (unpaired) electrons. The molecule has 9 heavy (non-hydrogen) atoms. The first kappa shape index (κ1) is 6.99. The third-order valence-corrected chi connectivity index (χ3v) is 1.65. The second-order valence-corrected chi connectivity index (χ2v) is 2.35. The summed E-state index contributed by atoms with van der Waals surface area (Å²) in [6.45, 7) is 0.652. The smallest absolute Gasteiger partial charge is 0.159 e. The molecule has 3 heteroatoms. The number of rotatable bonds is 1. The number of hydrogen-bond acceptors (Lipinski definition) is 3. The van der Waals surface area contributed by atoms with Crippen LogP contribution in [-0.4, -0.2) is 29.7 Å². The van der Waals surface area contributed by atoms with Gasteiger partial charge in [0.1, 0.15) is 0 Å². The maximum Gasteiger partial charge on any atom is 0.159 e. The van der Waals surface area contributed by atoms with Gasteiger partial charge in [-0.25, -0.2) is 0 Å². The van der Waals surface area contributed by atoms with Crippen LogP contribution in [0, 0.1) is 5.92 Å². The Balaban J connectivity index is 2.30. The van der Waals surface area contributed by atoms with Crippen molar-refractivity contribution in [1.29, 1.82) is 0 Å². The normalized spacial score (nSPS) is 36.7. The number of ether oxygens (including phenoxy) is 1. The monoisotopic (exact) mass is 132 g/mol. The van der Waals surface area contributed by atoms with Crippen LogP contribution in [0.5, 0.6) is 0 Å². The molecule has 1 fully saturated rings. The maximum atomic E-state index is 8.99. The van der Waals surface area contributed by atoms with Gasteiger partial charge in [0.2, 0.25) is 0 Å². The number of hydrogen-bond donors (Lipinski definition) is 2. The molecule has 1 aliphatic heterocycles. The highest BCUT2D eigenvalue weighted by Crippen LogP contribution is 2.17. The first-order chi connectivity index (χ1) is 4.34.